The molecule has 4 heteroatoms. The maximum atomic E-state index is 6.21. The summed E-state index contributed by atoms with van der Waals surface area (Å²) in [7, 11) is 0. The zero-order valence-electron chi connectivity index (χ0n) is 10.7. The van der Waals surface area contributed by atoms with Crippen molar-refractivity contribution >= 4 is 22.8 Å². The molecule has 2 unspecified atom stereocenters. The predicted molar refractivity (Wildman–Crippen MR) is 71.5 cm³/mol. The topological polar surface area (TPSA) is 30.7 Å². The van der Waals surface area contributed by atoms with Crippen molar-refractivity contribution in [1.29, 1.82) is 0 Å². The number of nitrogens with zero attached hydrogens (tertiary/aromatic N) is 3. The predicted octanol–water partition coefficient (Wildman–Crippen LogP) is 4.01. The molecular formula is C13H18ClN3. The van der Waals surface area contributed by atoms with Crippen LogP contribution in [0, 0.1) is 6.92 Å². The summed E-state index contributed by atoms with van der Waals surface area (Å²) in [6.45, 7) is 8.31. The van der Waals surface area contributed by atoms with E-state index < -0.39 is 0 Å². The first-order chi connectivity index (χ1) is 8.04. The van der Waals surface area contributed by atoms with E-state index in [4.69, 9.17) is 11.6 Å². The molecule has 0 spiro atoms. The summed E-state index contributed by atoms with van der Waals surface area (Å²) in [6, 6.07) is 2.43. The van der Waals surface area contributed by atoms with E-state index in [9.17, 15) is 0 Å². The molecule has 2 aromatic heterocycles. The Kier molecular flexibility index (Phi) is 3.38. The molecule has 2 rings (SSSR count). The number of halogens is 1. The van der Waals surface area contributed by atoms with Gasteiger partial charge in [0.05, 0.1) is 5.38 Å². The van der Waals surface area contributed by atoms with Crippen molar-refractivity contribution in [2.45, 2.75) is 45.5 Å². The molecule has 0 N–H and O–H groups in total. The summed E-state index contributed by atoms with van der Waals surface area (Å²) in [5.74, 6) is 0.911. The van der Waals surface area contributed by atoms with E-state index in [1.54, 1.807) is 0 Å². The van der Waals surface area contributed by atoms with Crippen molar-refractivity contribution in [3.63, 3.8) is 0 Å². The van der Waals surface area contributed by atoms with Crippen molar-refractivity contribution in [3.05, 3.63) is 23.7 Å². The van der Waals surface area contributed by atoms with Gasteiger partial charge in [0.2, 0.25) is 0 Å². The van der Waals surface area contributed by atoms with E-state index in [-0.39, 0.29) is 5.38 Å². The third kappa shape index (κ3) is 2.16. The number of rotatable bonds is 3. The van der Waals surface area contributed by atoms with E-state index in [2.05, 4.69) is 34.4 Å². The molecular weight excluding hydrogens is 234 g/mol. The quantitative estimate of drug-likeness (QED) is 0.772. The zero-order chi connectivity index (χ0) is 12.6. The van der Waals surface area contributed by atoms with Crippen LogP contribution >= 0.6 is 11.6 Å². The summed E-state index contributed by atoms with van der Waals surface area (Å²) >= 11 is 6.21. The van der Waals surface area contributed by atoms with Crippen LogP contribution in [0.4, 0.5) is 0 Å². The van der Waals surface area contributed by atoms with Crippen molar-refractivity contribution in [1.82, 2.24) is 14.5 Å². The van der Waals surface area contributed by atoms with Gasteiger partial charge in [-0.05, 0) is 38.8 Å². The minimum atomic E-state index is -0.0986. The largest absolute Gasteiger partial charge is 0.309 e. The molecule has 0 fully saturated rings. The summed E-state index contributed by atoms with van der Waals surface area (Å²) in [5.41, 5.74) is 3.00. The Morgan fingerprint density at radius 1 is 1.41 bits per heavy atom. The fourth-order valence-corrected chi connectivity index (χ4v) is 2.15. The first-order valence-electron chi connectivity index (χ1n) is 6.03. The molecule has 3 nitrogen and oxygen atoms in total. The lowest BCUT2D eigenvalue weighted by atomic mass is 10.2. The van der Waals surface area contributed by atoms with Crippen LogP contribution in [0.3, 0.4) is 0 Å². The lowest BCUT2D eigenvalue weighted by Gasteiger charge is -2.16. The fraction of sp³-hybridized carbons (Fsp3) is 0.538. The highest BCUT2D eigenvalue weighted by molar-refractivity contribution is 6.20. The molecule has 0 saturated carbocycles. The third-order valence-corrected chi connectivity index (χ3v) is 3.28. The van der Waals surface area contributed by atoms with Crippen LogP contribution in [0.2, 0.25) is 0 Å². The van der Waals surface area contributed by atoms with Gasteiger partial charge in [0.15, 0.2) is 5.65 Å². The second-order valence-electron chi connectivity index (χ2n) is 4.57. The van der Waals surface area contributed by atoms with Crippen LogP contribution in [-0.2, 0) is 0 Å². The SMILES string of the molecule is CCC(C)n1c(C(C)Cl)nc2cc(C)cnc21. The minimum absolute atomic E-state index is 0.0986. The van der Waals surface area contributed by atoms with Crippen LogP contribution in [0.15, 0.2) is 12.3 Å². The average Bonchev–Trinajstić information content (AvgIpc) is 2.66. The number of aromatic nitrogens is 3. The van der Waals surface area contributed by atoms with Crippen molar-refractivity contribution in [2.75, 3.05) is 0 Å². The highest BCUT2D eigenvalue weighted by atomic mass is 35.5. The Balaban J connectivity index is 2.71. The maximum absolute atomic E-state index is 6.21. The number of hydrogen-bond acceptors (Lipinski definition) is 2. The monoisotopic (exact) mass is 251 g/mol. The smallest absolute Gasteiger partial charge is 0.160 e. The summed E-state index contributed by atoms with van der Waals surface area (Å²) in [5, 5.41) is -0.0986. The maximum Gasteiger partial charge on any atom is 0.160 e. The Labute approximate surface area is 107 Å². The van der Waals surface area contributed by atoms with Gasteiger partial charge in [-0.25, -0.2) is 9.97 Å². The van der Waals surface area contributed by atoms with E-state index in [0.717, 1.165) is 29.0 Å². The molecule has 0 aromatic carbocycles. The van der Waals surface area contributed by atoms with Crippen LogP contribution in [-0.4, -0.2) is 14.5 Å². The molecule has 0 saturated heterocycles. The van der Waals surface area contributed by atoms with E-state index in [1.807, 2.05) is 20.0 Å². The lowest BCUT2D eigenvalue weighted by Crippen LogP contribution is -2.09. The highest BCUT2D eigenvalue weighted by Crippen LogP contribution is 2.28. The molecule has 2 atom stereocenters. The summed E-state index contributed by atoms with van der Waals surface area (Å²) < 4.78 is 2.16. The molecule has 2 aromatic rings. The molecule has 0 bridgehead atoms. The van der Waals surface area contributed by atoms with E-state index in [1.165, 1.54) is 0 Å². The normalized spacial score (nSPS) is 15.1. The first-order valence-corrected chi connectivity index (χ1v) is 6.46. The summed E-state index contributed by atoms with van der Waals surface area (Å²) in [4.78, 5) is 9.11. The van der Waals surface area contributed by atoms with Gasteiger partial charge < -0.3 is 4.57 Å². The van der Waals surface area contributed by atoms with Gasteiger partial charge in [0.1, 0.15) is 11.3 Å². The Morgan fingerprint density at radius 2 is 2.12 bits per heavy atom. The second-order valence-corrected chi connectivity index (χ2v) is 5.22. The van der Waals surface area contributed by atoms with Crippen molar-refractivity contribution in [2.24, 2.45) is 0 Å². The van der Waals surface area contributed by atoms with E-state index >= 15 is 0 Å². The second kappa shape index (κ2) is 4.65. The van der Waals surface area contributed by atoms with Gasteiger partial charge in [0.25, 0.3) is 0 Å². The molecule has 92 valence electrons. The molecule has 17 heavy (non-hydrogen) atoms. The number of pyridine rings is 1. The Bertz CT molecular complexity index is 531. The number of fused-ring (bicyclic) bond motifs is 1. The van der Waals surface area contributed by atoms with Gasteiger partial charge >= 0.3 is 0 Å². The van der Waals surface area contributed by atoms with Gasteiger partial charge in [0, 0.05) is 12.2 Å². The molecule has 0 amide bonds. The van der Waals surface area contributed by atoms with Crippen molar-refractivity contribution in [3.8, 4) is 0 Å². The van der Waals surface area contributed by atoms with E-state index in [0.29, 0.717) is 6.04 Å². The fourth-order valence-electron chi connectivity index (χ4n) is 2.00. The lowest BCUT2D eigenvalue weighted by molar-refractivity contribution is 0.519. The minimum Gasteiger partial charge on any atom is -0.309 e. The van der Waals surface area contributed by atoms with Gasteiger partial charge in [-0.2, -0.15) is 0 Å². The molecule has 0 aliphatic rings. The molecule has 0 radical (unpaired) electrons. The van der Waals surface area contributed by atoms with Gasteiger partial charge in [-0.1, -0.05) is 6.92 Å². The molecule has 0 aliphatic heterocycles. The molecule has 2 heterocycles. The number of hydrogen-bond donors (Lipinski definition) is 0. The first kappa shape index (κ1) is 12.4. The third-order valence-electron chi connectivity index (χ3n) is 3.08. The molecule has 0 aliphatic carbocycles. The summed E-state index contributed by atoms with van der Waals surface area (Å²) in [6.07, 6.45) is 2.92. The number of aryl methyl sites for hydroxylation is 1. The Morgan fingerprint density at radius 3 is 2.71 bits per heavy atom. The average molecular weight is 252 g/mol. The number of imidazole rings is 1. The standard InChI is InChI=1S/C13H18ClN3/c1-5-9(3)17-12(10(4)14)16-11-6-8(2)7-15-13(11)17/h6-7,9-10H,5H2,1-4H3. The number of alkyl halides is 1. The van der Waals surface area contributed by atoms with Crippen LogP contribution in [0.25, 0.3) is 11.2 Å². The Hall–Kier alpha value is -1.09. The zero-order valence-corrected chi connectivity index (χ0v) is 11.5. The van der Waals surface area contributed by atoms with Gasteiger partial charge in [-0.3, -0.25) is 0 Å². The van der Waals surface area contributed by atoms with Crippen LogP contribution in [0.1, 0.15) is 50.0 Å². The van der Waals surface area contributed by atoms with Crippen LogP contribution in [0.5, 0.6) is 0 Å². The van der Waals surface area contributed by atoms with Gasteiger partial charge in [-0.15, -0.1) is 11.6 Å². The highest BCUT2D eigenvalue weighted by Gasteiger charge is 2.18. The van der Waals surface area contributed by atoms with Crippen LogP contribution < -0.4 is 0 Å². The van der Waals surface area contributed by atoms with Crippen molar-refractivity contribution < 1.29 is 0 Å².